The van der Waals surface area contributed by atoms with E-state index in [-0.39, 0.29) is 11.3 Å². The Morgan fingerprint density at radius 1 is 1.45 bits per heavy atom. The number of aromatic nitrogens is 2. The van der Waals surface area contributed by atoms with Gasteiger partial charge in [-0.25, -0.2) is 4.79 Å². The van der Waals surface area contributed by atoms with Gasteiger partial charge in [-0.15, -0.1) is 0 Å². The Balaban J connectivity index is 2.46. The number of nitrogens with one attached hydrogen (secondary N) is 1. The van der Waals surface area contributed by atoms with E-state index in [1.165, 1.54) is 10.9 Å². The molecule has 1 heterocycles. The zero-order valence-corrected chi connectivity index (χ0v) is 10.5. The van der Waals surface area contributed by atoms with Gasteiger partial charge < -0.3 is 10.4 Å². The van der Waals surface area contributed by atoms with Crippen molar-refractivity contribution in [2.45, 2.75) is 0 Å². The maximum atomic E-state index is 11.1. The summed E-state index contributed by atoms with van der Waals surface area (Å²) in [6, 6.07) is 8.46. The second-order valence-electron chi connectivity index (χ2n) is 3.94. The summed E-state index contributed by atoms with van der Waals surface area (Å²) in [7, 11) is 1.66. The summed E-state index contributed by atoms with van der Waals surface area (Å²) in [4.78, 5) is 11.1. The van der Waals surface area contributed by atoms with Crippen LogP contribution in [0.25, 0.3) is 10.9 Å². The molecule has 0 saturated heterocycles. The van der Waals surface area contributed by atoms with E-state index >= 15 is 0 Å². The van der Waals surface area contributed by atoms with Gasteiger partial charge in [-0.1, -0.05) is 0 Å². The van der Waals surface area contributed by atoms with Crippen LogP contribution < -0.4 is 5.32 Å². The molecular formula is C13H9N5O2. The molecule has 1 aromatic carbocycles. The number of carboxylic acid groups (broad SMARTS) is 1. The van der Waals surface area contributed by atoms with Crippen molar-refractivity contribution in [2.75, 3.05) is 5.32 Å². The van der Waals surface area contributed by atoms with Gasteiger partial charge in [0.2, 0.25) is 0 Å². The van der Waals surface area contributed by atoms with Crippen LogP contribution in [0.3, 0.4) is 0 Å². The Hall–Kier alpha value is -3.32. The number of anilines is 1. The van der Waals surface area contributed by atoms with Crippen molar-refractivity contribution < 1.29 is 9.90 Å². The second kappa shape index (κ2) is 5.12. The topological polar surface area (TPSA) is 115 Å². The quantitative estimate of drug-likeness (QED) is 0.816. The second-order valence-corrected chi connectivity index (χ2v) is 3.94. The molecule has 0 fully saturated rings. The van der Waals surface area contributed by atoms with E-state index in [1.54, 1.807) is 37.4 Å². The van der Waals surface area contributed by atoms with Crippen LogP contribution >= 0.6 is 0 Å². The maximum Gasteiger partial charge on any atom is 0.357 e. The summed E-state index contributed by atoms with van der Waals surface area (Å²) in [5.74, 6) is -1.11. The first kappa shape index (κ1) is 13.1. The molecule has 0 saturated carbocycles. The van der Waals surface area contributed by atoms with E-state index in [1.807, 2.05) is 0 Å². The summed E-state index contributed by atoms with van der Waals surface area (Å²) < 4.78 is 1.48. The standard InChI is InChI=1S/C13H9N5O2/c1-18-11-3-2-9(16-7-8(5-14)6-15)4-10(11)12(17-18)13(19)20/h2-4,7,16H,1H3,(H,19,20). The fourth-order valence-corrected chi connectivity index (χ4v) is 1.76. The van der Waals surface area contributed by atoms with Gasteiger partial charge in [0.15, 0.2) is 5.69 Å². The fraction of sp³-hybridized carbons (Fsp3) is 0.0769. The molecule has 2 rings (SSSR count). The Kier molecular flexibility index (Phi) is 3.36. The smallest absolute Gasteiger partial charge is 0.357 e. The van der Waals surface area contributed by atoms with Crippen molar-refractivity contribution in [1.82, 2.24) is 9.78 Å². The van der Waals surface area contributed by atoms with E-state index in [9.17, 15) is 4.79 Å². The van der Waals surface area contributed by atoms with Crippen molar-refractivity contribution >= 4 is 22.6 Å². The lowest BCUT2D eigenvalue weighted by atomic mass is 10.2. The van der Waals surface area contributed by atoms with Crippen molar-refractivity contribution in [3.8, 4) is 12.1 Å². The third kappa shape index (κ3) is 2.28. The third-order valence-electron chi connectivity index (χ3n) is 2.68. The molecule has 0 aliphatic rings. The molecule has 7 heteroatoms. The Labute approximate surface area is 114 Å². The van der Waals surface area contributed by atoms with Gasteiger partial charge in [0.25, 0.3) is 0 Å². The number of aryl methyl sites for hydroxylation is 1. The number of fused-ring (bicyclic) bond motifs is 1. The highest BCUT2D eigenvalue weighted by molar-refractivity contribution is 6.02. The first-order valence-corrected chi connectivity index (χ1v) is 5.53. The van der Waals surface area contributed by atoms with Gasteiger partial charge in [0.05, 0.1) is 5.52 Å². The first-order chi connectivity index (χ1) is 9.56. The van der Waals surface area contributed by atoms with Crippen LogP contribution in [0.2, 0.25) is 0 Å². The highest BCUT2D eigenvalue weighted by Gasteiger charge is 2.14. The summed E-state index contributed by atoms with van der Waals surface area (Å²) >= 11 is 0. The molecular weight excluding hydrogens is 258 g/mol. The maximum absolute atomic E-state index is 11.1. The van der Waals surface area contributed by atoms with E-state index in [0.717, 1.165) is 0 Å². The number of carboxylic acids is 1. The molecule has 0 amide bonds. The molecule has 0 aliphatic carbocycles. The average Bonchev–Trinajstić information content (AvgIpc) is 2.77. The number of hydrogen-bond donors (Lipinski definition) is 2. The van der Waals surface area contributed by atoms with Crippen molar-refractivity contribution in [1.29, 1.82) is 10.5 Å². The van der Waals surface area contributed by atoms with E-state index in [4.69, 9.17) is 15.6 Å². The minimum Gasteiger partial charge on any atom is -0.476 e. The predicted molar refractivity (Wildman–Crippen MR) is 70.6 cm³/mol. The van der Waals surface area contributed by atoms with E-state index < -0.39 is 5.97 Å². The normalized spacial score (nSPS) is 9.55. The number of benzene rings is 1. The largest absolute Gasteiger partial charge is 0.476 e. The van der Waals surface area contributed by atoms with E-state index in [2.05, 4.69) is 10.4 Å². The first-order valence-electron chi connectivity index (χ1n) is 5.53. The van der Waals surface area contributed by atoms with Crippen LogP contribution in [0.5, 0.6) is 0 Å². The number of rotatable bonds is 3. The zero-order valence-electron chi connectivity index (χ0n) is 10.5. The van der Waals surface area contributed by atoms with E-state index in [0.29, 0.717) is 16.6 Å². The monoisotopic (exact) mass is 267 g/mol. The third-order valence-corrected chi connectivity index (χ3v) is 2.68. The number of allylic oxidation sites excluding steroid dienone is 1. The summed E-state index contributed by atoms with van der Waals surface area (Å²) in [6.07, 6.45) is 1.26. The molecule has 2 aromatic rings. The minimum atomic E-state index is -1.11. The number of aromatic carboxylic acids is 1. The number of carbonyl (C=O) groups is 1. The predicted octanol–water partition coefficient (Wildman–Crippen LogP) is 1.61. The molecule has 0 spiro atoms. The minimum absolute atomic E-state index is 0.0454. The number of hydrogen-bond acceptors (Lipinski definition) is 5. The van der Waals surface area contributed by atoms with Crippen molar-refractivity contribution in [2.24, 2.45) is 7.05 Å². The Bertz CT molecular complexity index is 789. The molecule has 0 atom stereocenters. The molecule has 0 aliphatic heterocycles. The highest BCUT2D eigenvalue weighted by Crippen LogP contribution is 2.22. The van der Waals surface area contributed by atoms with Gasteiger partial charge in [-0.2, -0.15) is 15.6 Å². The molecule has 1 aromatic heterocycles. The Morgan fingerprint density at radius 2 is 2.15 bits per heavy atom. The van der Waals surface area contributed by atoms with Crippen LogP contribution in [0.1, 0.15) is 10.5 Å². The summed E-state index contributed by atoms with van der Waals surface area (Å²) in [5, 5.41) is 33.5. The van der Waals surface area contributed by atoms with Crippen LogP contribution in [-0.4, -0.2) is 20.9 Å². The summed E-state index contributed by atoms with van der Waals surface area (Å²) in [5.41, 5.74) is 1.12. The number of nitriles is 2. The lowest BCUT2D eigenvalue weighted by Gasteiger charge is -2.01. The molecule has 0 bridgehead atoms. The lowest BCUT2D eigenvalue weighted by Crippen LogP contribution is -1.99. The van der Waals surface area contributed by atoms with Gasteiger partial charge in [-0.3, -0.25) is 4.68 Å². The fourth-order valence-electron chi connectivity index (χ4n) is 1.76. The summed E-state index contributed by atoms with van der Waals surface area (Å²) in [6.45, 7) is 0. The average molecular weight is 267 g/mol. The molecule has 20 heavy (non-hydrogen) atoms. The highest BCUT2D eigenvalue weighted by atomic mass is 16.4. The molecule has 2 N–H and O–H groups in total. The van der Waals surface area contributed by atoms with Gasteiger partial charge in [0.1, 0.15) is 17.7 Å². The molecule has 0 unspecified atom stereocenters. The molecule has 7 nitrogen and oxygen atoms in total. The molecule has 0 radical (unpaired) electrons. The Morgan fingerprint density at radius 3 is 2.75 bits per heavy atom. The van der Waals surface area contributed by atoms with Crippen LogP contribution in [0.15, 0.2) is 30.0 Å². The molecule has 98 valence electrons. The lowest BCUT2D eigenvalue weighted by molar-refractivity contribution is 0.0691. The number of nitrogens with zero attached hydrogens (tertiary/aromatic N) is 4. The van der Waals surface area contributed by atoms with Crippen LogP contribution in [0.4, 0.5) is 5.69 Å². The van der Waals surface area contributed by atoms with Crippen molar-refractivity contribution in [3.63, 3.8) is 0 Å². The van der Waals surface area contributed by atoms with Crippen molar-refractivity contribution in [3.05, 3.63) is 35.7 Å². The van der Waals surface area contributed by atoms with Crippen LogP contribution in [-0.2, 0) is 7.05 Å². The van der Waals surface area contributed by atoms with Gasteiger partial charge in [-0.05, 0) is 18.2 Å². The zero-order chi connectivity index (χ0) is 14.7. The van der Waals surface area contributed by atoms with Crippen LogP contribution in [0, 0.1) is 22.7 Å². The SMILES string of the molecule is Cn1nc(C(=O)O)c2cc(NC=C(C#N)C#N)ccc21. The van der Waals surface area contributed by atoms with Gasteiger partial charge >= 0.3 is 5.97 Å². The van der Waals surface area contributed by atoms with Gasteiger partial charge in [0, 0.05) is 24.3 Å².